The van der Waals surface area contributed by atoms with Gasteiger partial charge in [0.05, 0.1) is 6.61 Å². The zero-order valence-corrected chi connectivity index (χ0v) is 14.0. The molecule has 1 heterocycles. The molecule has 1 aliphatic rings. The molecule has 1 amide bonds. The summed E-state index contributed by atoms with van der Waals surface area (Å²) < 4.78 is 30.6. The molecule has 1 aromatic rings. The van der Waals surface area contributed by atoms with Crippen LogP contribution in [0.5, 0.6) is 0 Å². The van der Waals surface area contributed by atoms with Crippen molar-refractivity contribution in [1.29, 1.82) is 0 Å². The van der Waals surface area contributed by atoms with Crippen LogP contribution in [0.15, 0.2) is 24.3 Å². The molecule has 0 unspecified atom stereocenters. The highest BCUT2D eigenvalue weighted by molar-refractivity contribution is 5.69. The van der Waals surface area contributed by atoms with Crippen LogP contribution in [-0.4, -0.2) is 38.1 Å². The van der Waals surface area contributed by atoms with E-state index in [1.807, 2.05) is 0 Å². The number of carbonyl (C=O) groups excluding carboxylic acids is 1. The van der Waals surface area contributed by atoms with Gasteiger partial charge < -0.3 is 19.5 Å². The number of nitrogens with one attached hydrogen (secondary N) is 1. The Balaban J connectivity index is 2.36. The summed E-state index contributed by atoms with van der Waals surface area (Å²) in [5, 5.41) is 2.83. The molecule has 6 heteroatoms. The van der Waals surface area contributed by atoms with Gasteiger partial charge >= 0.3 is 6.09 Å². The Morgan fingerprint density at radius 2 is 2.13 bits per heavy atom. The smallest absolute Gasteiger partial charge is 0.408 e. The maximum atomic E-state index is 14.4. The minimum absolute atomic E-state index is 0.240. The number of hydrogen-bond acceptors (Lipinski definition) is 4. The molecule has 0 radical (unpaired) electrons. The SMILES string of the molecule is COC[C@@H]1OCC[C@@]1(NC(=O)OC(C)(C)C)c1ccccc1F. The molecule has 1 aliphatic heterocycles. The number of ether oxygens (including phenoxy) is 3. The Hall–Kier alpha value is -1.66. The lowest BCUT2D eigenvalue weighted by atomic mass is 9.83. The number of amides is 1. The number of alkyl carbamates (subject to hydrolysis) is 1. The topological polar surface area (TPSA) is 56.8 Å². The highest BCUT2D eigenvalue weighted by Crippen LogP contribution is 2.38. The minimum atomic E-state index is -1.01. The summed E-state index contributed by atoms with van der Waals surface area (Å²) >= 11 is 0. The van der Waals surface area contributed by atoms with E-state index in [9.17, 15) is 9.18 Å². The molecular formula is C17H24FNO4. The second-order valence-electron chi connectivity index (χ2n) is 6.64. The number of methoxy groups -OCH3 is 1. The van der Waals surface area contributed by atoms with E-state index in [4.69, 9.17) is 14.2 Å². The first-order valence-corrected chi connectivity index (χ1v) is 7.65. The first kappa shape index (κ1) is 17.7. The van der Waals surface area contributed by atoms with E-state index in [-0.39, 0.29) is 6.61 Å². The van der Waals surface area contributed by atoms with Gasteiger partial charge in [0.1, 0.15) is 23.1 Å². The fourth-order valence-corrected chi connectivity index (χ4v) is 2.83. The summed E-state index contributed by atoms with van der Waals surface area (Å²) in [7, 11) is 1.54. The van der Waals surface area contributed by atoms with Crippen molar-refractivity contribution < 1.29 is 23.4 Å². The van der Waals surface area contributed by atoms with Crippen LogP contribution >= 0.6 is 0 Å². The predicted molar refractivity (Wildman–Crippen MR) is 83.7 cm³/mol. The highest BCUT2D eigenvalue weighted by atomic mass is 19.1. The molecule has 0 bridgehead atoms. The summed E-state index contributed by atoms with van der Waals surface area (Å²) in [6.07, 6.45) is -0.648. The van der Waals surface area contributed by atoms with E-state index >= 15 is 0 Å². The van der Waals surface area contributed by atoms with Gasteiger partial charge in [-0.05, 0) is 26.8 Å². The zero-order valence-electron chi connectivity index (χ0n) is 14.0. The van der Waals surface area contributed by atoms with Crippen molar-refractivity contribution in [2.24, 2.45) is 0 Å². The van der Waals surface area contributed by atoms with Gasteiger partial charge in [0.2, 0.25) is 0 Å². The lowest BCUT2D eigenvalue weighted by molar-refractivity contribution is -0.00524. The van der Waals surface area contributed by atoms with Crippen LogP contribution in [0.3, 0.4) is 0 Å². The van der Waals surface area contributed by atoms with Gasteiger partial charge in [0.25, 0.3) is 0 Å². The molecular weight excluding hydrogens is 301 g/mol. The molecule has 1 N–H and O–H groups in total. The van der Waals surface area contributed by atoms with Gasteiger partial charge in [-0.25, -0.2) is 9.18 Å². The molecule has 1 fully saturated rings. The quantitative estimate of drug-likeness (QED) is 0.924. The third-order valence-corrected chi connectivity index (χ3v) is 3.76. The Morgan fingerprint density at radius 3 is 2.74 bits per heavy atom. The number of halogens is 1. The monoisotopic (exact) mass is 325 g/mol. The molecule has 2 rings (SSSR count). The average Bonchev–Trinajstić information content (AvgIpc) is 2.81. The van der Waals surface area contributed by atoms with Gasteiger partial charge in [-0.1, -0.05) is 18.2 Å². The Labute approximate surface area is 136 Å². The number of hydrogen-bond donors (Lipinski definition) is 1. The van der Waals surface area contributed by atoms with Crippen LogP contribution in [0.4, 0.5) is 9.18 Å². The van der Waals surface area contributed by atoms with Crippen molar-refractivity contribution in [2.45, 2.75) is 44.4 Å². The van der Waals surface area contributed by atoms with E-state index in [0.29, 0.717) is 18.6 Å². The summed E-state index contributed by atoms with van der Waals surface area (Å²) in [6.45, 7) is 5.97. The fraction of sp³-hybridized carbons (Fsp3) is 0.588. The lowest BCUT2D eigenvalue weighted by Gasteiger charge is -2.36. The molecule has 23 heavy (non-hydrogen) atoms. The predicted octanol–water partition coefficient (Wildman–Crippen LogP) is 2.98. The normalized spacial score (nSPS) is 24.5. The Kier molecular flexibility index (Phi) is 5.26. The molecule has 2 atom stereocenters. The van der Waals surface area contributed by atoms with Gasteiger partial charge in [0.15, 0.2) is 0 Å². The Bertz CT molecular complexity index is 558. The van der Waals surface area contributed by atoms with Crippen LogP contribution in [0.1, 0.15) is 32.8 Å². The maximum absolute atomic E-state index is 14.4. The second-order valence-corrected chi connectivity index (χ2v) is 6.64. The molecule has 128 valence electrons. The number of rotatable bonds is 4. The first-order chi connectivity index (χ1) is 10.8. The van der Waals surface area contributed by atoms with Crippen LogP contribution in [0.25, 0.3) is 0 Å². The van der Waals surface area contributed by atoms with Crippen molar-refractivity contribution in [3.05, 3.63) is 35.6 Å². The standard InChI is InChI=1S/C17H24FNO4/c1-16(2,3)23-15(20)19-17(9-10-22-14(17)11-21-4)12-7-5-6-8-13(12)18/h5-8,14H,9-11H2,1-4H3,(H,19,20)/t14-,17+/m0/s1. The second kappa shape index (κ2) is 6.84. The van der Waals surface area contributed by atoms with Crippen molar-refractivity contribution in [1.82, 2.24) is 5.32 Å². The summed E-state index contributed by atoms with van der Waals surface area (Å²) in [5.74, 6) is -0.393. The van der Waals surface area contributed by atoms with Crippen molar-refractivity contribution >= 4 is 6.09 Å². The average molecular weight is 325 g/mol. The molecule has 0 aromatic heterocycles. The first-order valence-electron chi connectivity index (χ1n) is 7.65. The molecule has 1 saturated heterocycles. The van der Waals surface area contributed by atoms with Crippen LogP contribution < -0.4 is 5.32 Å². The highest BCUT2D eigenvalue weighted by Gasteiger charge is 2.49. The summed E-state index contributed by atoms with van der Waals surface area (Å²) in [4.78, 5) is 12.3. The van der Waals surface area contributed by atoms with Gasteiger partial charge in [-0.3, -0.25) is 0 Å². The van der Waals surface area contributed by atoms with E-state index in [1.54, 1.807) is 46.1 Å². The van der Waals surface area contributed by atoms with Crippen molar-refractivity contribution in [2.75, 3.05) is 20.3 Å². The zero-order chi connectivity index (χ0) is 17.1. The number of benzene rings is 1. The summed E-state index contributed by atoms with van der Waals surface area (Å²) in [5.41, 5.74) is -1.27. The van der Waals surface area contributed by atoms with E-state index < -0.39 is 29.2 Å². The Morgan fingerprint density at radius 1 is 1.43 bits per heavy atom. The van der Waals surface area contributed by atoms with Crippen LogP contribution in [0, 0.1) is 5.82 Å². The lowest BCUT2D eigenvalue weighted by Crippen LogP contribution is -2.54. The minimum Gasteiger partial charge on any atom is -0.444 e. The van der Waals surface area contributed by atoms with Gasteiger partial charge in [0, 0.05) is 25.7 Å². The summed E-state index contributed by atoms with van der Waals surface area (Å²) in [6, 6.07) is 6.38. The number of carbonyl (C=O) groups is 1. The largest absolute Gasteiger partial charge is 0.444 e. The van der Waals surface area contributed by atoms with E-state index in [0.717, 1.165) is 0 Å². The maximum Gasteiger partial charge on any atom is 0.408 e. The molecule has 0 spiro atoms. The molecule has 1 aromatic carbocycles. The van der Waals surface area contributed by atoms with Crippen LogP contribution in [-0.2, 0) is 19.7 Å². The van der Waals surface area contributed by atoms with Crippen LogP contribution in [0.2, 0.25) is 0 Å². The van der Waals surface area contributed by atoms with E-state index in [2.05, 4.69) is 5.32 Å². The third kappa shape index (κ3) is 4.00. The van der Waals surface area contributed by atoms with Crippen molar-refractivity contribution in [3.8, 4) is 0 Å². The molecule has 0 saturated carbocycles. The van der Waals surface area contributed by atoms with E-state index in [1.165, 1.54) is 6.07 Å². The van der Waals surface area contributed by atoms with Gasteiger partial charge in [-0.2, -0.15) is 0 Å². The third-order valence-electron chi connectivity index (χ3n) is 3.76. The fourth-order valence-electron chi connectivity index (χ4n) is 2.83. The molecule has 0 aliphatic carbocycles. The van der Waals surface area contributed by atoms with Gasteiger partial charge in [-0.15, -0.1) is 0 Å². The van der Waals surface area contributed by atoms with Crippen molar-refractivity contribution in [3.63, 3.8) is 0 Å². The molecule has 5 nitrogen and oxygen atoms in total.